The first-order chi connectivity index (χ1) is 6.29. The van der Waals surface area contributed by atoms with Crippen LogP contribution in [0.4, 0.5) is 0 Å². The van der Waals surface area contributed by atoms with Crippen molar-refractivity contribution in [2.75, 3.05) is 0 Å². The molecular formula is C8H7N3OS. The Labute approximate surface area is 78.8 Å². The highest BCUT2D eigenvalue weighted by Gasteiger charge is 2.05. The van der Waals surface area contributed by atoms with Gasteiger partial charge in [0.05, 0.1) is 6.20 Å². The smallest absolute Gasteiger partial charge is 0.169 e. The van der Waals surface area contributed by atoms with Crippen molar-refractivity contribution in [2.24, 2.45) is 7.05 Å². The fraction of sp³-hybridized carbons (Fsp3) is 0.125. The Bertz CT molecular complexity index is 432. The van der Waals surface area contributed by atoms with E-state index >= 15 is 0 Å². The number of carbonyl (C=O) groups excluding carboxylic acids is 1. The average Bonchev–Trinajstić information content (AvgIpc) is 2.71. The lowest BCUT2D eigenvalue weighted by atomic mass is 10.4. The summed E-state index contributed by atoms with van der Waals surface area (Å²) in [7, 11) is 1.84. The molecule has 0 aromatic carbocycles. The van der Waals surface area contributed by atoms with Crippen molar-refractivity contribution in [1.29, 1.82) is 0 Å². The highest BCUT2D eigenvalue weighted by Crippen LogP contribution is 2.21. The van der Waals surface area contributed by atoms with Gasteiger partial charge in [-0.1, -0.05) is 0 Å². The third kappa shape index (κ3) is 1.50. The minimum Gasteiger partial charge on any atom is -0.296 e. The number of aldehydes is 1. The molecule has 0 N–H and O–H groups in total. The summed E-state index contributed by atoms with van der Waals surface area (Å²) in [6, 6.07) is 0. The van der Waals surface area contributed by atoms with E-state index in [9.17, 15) is 4.79 Å². The summed E-state index contributed by atoms with van der Waals surface area (Å²) in [6.45, 7) is 0. The van der Waals surface area contributed by atoms with Crippen LogP contribution in [0.15, 0.2) is 17.8 Å². The zero-order valence-corrected chi connectivity index (χ0v) is 7.78. The molecule has 0 aliphatic carbocycles. The van der Waals surface area contributed by atoms with Crippen molar-refractivity contribution in [1.82, 2.24) is 14.8 Å². The molecule has 0 aliphatic heterocycles. The van der Waals surface area contributed by atoms with Gasteiger partial charge in [0.2, 0.25) is 0 Å². The molecule has 0 atom stereocenters. The Balaban J connectivity index is 2.40. The van der Waals surface area contributed by atoms with E-state index in [0.717, 1.165) is 16.9 Å². The van der Waals surface area contributed by atoms with Crippen LogP contribution >= 0.6 is 11.3 Å². The standard InChI is InChI=1S/C8H7N3OS/c1-11-3-6(2-9-11)8-10-7(4-12)5-13-8/h2-5H,1H3. The zero-order chi connectivity index (χ0) is 9.26. The van der Waals surface area contributed by atoms with E-state index < -0.39 is 0 Å². The highest BCUT2D eigenvalue weighted by molar-refractivity contribution is 7.13. The van der Waals surface area contributed by atoms with Crippen LogP contribution in [0.1, 0.15) is 10.5 Å². The van der Waals surface area contributed by atoms with Crippen molar-refractivity contribution >= 4 is 17.6 Å². The molecular weight excluding hydrogens is 186 g/mol. The van der Waals surface area contributed by atoms with E-state index in [1.54, 1.807) is 16.3 Å². The second-order valence-electron chi connectivity index (χ2n) is 2.60. The fourth-order valence-electron chi connectivity index (χ4n) is 1.00. The lowest BCUT2D eigenvalue weighted by Gasteiger charge is -1.85. The summed E-state index contributed by atoms with van der Waals surface area (Å²) >= 11 is 1.44. The van der Waals surface area contributed by atoms with Gasteiger partial charge in [-0.2, -0.15) is 5.10 Å². The predicted molar refractivity (Wildman–Crippen MR) is 49.7 cm³/mol. The Morgan fingerprint density at radius 1 is 1.62 bits per heavy atom. The van der Waals surface area contributed by atoms with Gasteiger partial charge >= 0.3 is 0 Å². The number of hydrogen-bond acceptors (Lipinski definition) is 4. The molecule has 0 radical (unpaired) electrons. The van der Waals surface area contributed by atoms with Crippen LogP contribution in [0.25, 0.3) is 10.6 Å². The molecule has 13 heavy (non-hydrogen) atoms. The minimum atomic E-state index is 0.476. The molecule has 0 fully saturated rings. The van der Waals surface area contributed by atoms with E-state index in [1.165, 1.54) is 11.3 Å². The molecule has 4 nitrogen and oxygen atoms in total. The van der Waals surface area contributed by atoms with Gasteiger partial charge < -0.3 is 0 Å². The SMILES string of the molecule is Cn1cc(-c2nc(C=O)cs2)cn1. The number of hydrogen-bond donors (Lipinski definition) is 0. The van der Waals surface area contributed by atoms with Gasteiger partial charge in [0.25, 0.3) is 0 Å². The molecule has 0 bridgehead atoms. The molecule has 2 rings (SSSR count). The third-order valence-corrected chi connectivity index (χ3v) is 2.50. The Kier molecular flexibility index (Phi) is 1.94. The van der Waals surface area contributed by atoms with Gasteiger partial charge in [0, 0.05) is 24.2 Å². The molecule has 2 heterocycles. The lowest BCUT2D eigenvalue weighted by Crippen LogP contribution is -1.84. The predicted octanol–water partition coefficient (Wildman–Crippen LogP) is 1.36. The lowest BCUT2D eigenvalue weighted by molar-refractivity contribution is 0.111. The van der Waals surface area contributed by atoms with Gasteiger partial charge in [-0.05, 0) is 0 Å². The molecule has 66 valence electrons. The summed E-state index contributed by atoms with van der Waals surface area (Å²) < 4.78 is 1.71. The first kappa shape index (κ1) is 8.12. The van der Waals surface area contributed by atoms with Crippen molar-refractivity contribution in [3.05, 3.63) is 23.5 Å². The van der Waals surface area contributed by atoms with Gasteiger partial charge in [0.15, 0.2) is 6.29 Å². The van der Waals surface area contributed by atoms with Crippen LogP contribution in [0.2, 0.25) is 0 Å². The van der Waals surface area contributed by atoms with E-state index in [1.807, 2.05) is 13.2 Å². The monoisotopic (exact) mass is 193 g/mol. The number of aryl methyl sites for hydroxylation is 1. The molecule has 0 amide bonds. The molecule has 0 spiro atoms. The van der Waals surface area contributed by atoms with Crippen molar-refractivity contribution in [3.63, 3.8) is 0 Å². The number of aromatic nitrogens is 3. The average molecular weight is 193 g/mol. The largest absolute Gasteiger partial charge is 0.296 e. The summed E-state index contributed by atoms with van der Waals surface area (Å²) in [5.41, 5.74) is 1.42. The summed E-state index contributed by atoms with van der Waals surface area (Å²) in [4.78, 5) is 14.5. The van der Waals surface area contributed by atoms with E-state index in [-0.39, 0.29) is 0 Å². The molecule has 0 unspecified atom stereocenters. The van der Waals surface area contributed by atoms with Gasteiger partial charge in [-0.3, -0.25) is 9.48 Å². The molecule has 0 saturated heterocycles. The topological polar surface area (TPSA) is 47.8 Å². The quantitative estimate of drug-likeness (QED) is 0.676. The zero-order valence-electron chi connectivity index (χ0n) is 6.97. The second-order valence-corrected chi connectivity index (χ2v) is 3.46. The maximum atomic E-state index is 10.4. The van der Waals surface area contributed by atoms with Gasteiger partial charge in [-0.15, -0.1) is 11.3 Å². The number of nitrogens with zero attached hydrogens (tertiary/aromatic N) is 3. The summed E-state index contributed by atoms with van der Waals surface area (Å²) in [6.07, 6.45) is 4.34. The first-order valence-electron chi connectivity index (χ1n) is 3.69. The Morgan fingerprint density at radius 3 is 3.00 bits per heavy atom. The number of thiazole rings is 1. The van der Waals surface area contributed by atoms with Crippen molar-refractivity contribution in [3.8, 4) is 10.6 Å². The van der Waals surface area contributed by atoms with Crippen LogP contribution in [0, 0.1) is 0 Å². The molecule has 0 aliphatic rings. The number of rotatable bonds is 2. The minimum absolute atomic E-state index is 0.476. The third-order valence-electron chi connectivity index (χ3n) is 1.59. The van der Waals surface area contributed by atoms with Crippen LogP contribution in [-0.2, 0) is 7.05 Å². The van der Waals surface area contributed by atoms with E-state index in [2.05, 4.69) is 10.1 Å². The second kappa shape index (κ2) is 3.10. The van der Waals surface area contributed by atoms with Crippen LogP contribution in [0.3, 0.4) is 0 Å². The summed E-state index contributed by atoms with van der Waals surface area (Å²) in [5.74, 6) is 0. The Morgan fingerprint density at radius 2 is 2.46 bits per heavy atom. The van der Waals surface area contributed by atoms with Gasteiger partial charge in [-0.25, -0.2) is 4.98 Å². The highest BCUT2D eigenvalue weighted by atomic mass is 32.1. The normalized spacial score (nSPS) is 10.2. The fourth-order valence-corrected chi connectivity index (χ4v) is 1.74. The molecule has 5 heteroatoms. The van der Waals surface area contributed by atoms with Crippen LogP contribution in [-0.4, -0.2) is 21.1 Å². The molecule has 0 saturated carbocycles. The first-order valence-corrected chi connectivity index (χ1v) is 4.57. The van der Waals surface area contributed by atoms with Gasteiger partial charge in [0.1, 0.15) is 10.7 Å². The maximum Gasteiger partial charge on any atom is 0.169 e. The van der Waals surface area contributed by atoms with Crippen molar-refractivity contribution < 1.29 is 4.79 Å². The van der Waals surface area contributed by atoms with E-state index in [0.29, 0.717) is 5.69 Å². The number of carbonyl (C=O) groups is 1. The summed E-state index contributed by atoms with van der Waals surface area (Å²) in [5, 5.41) is 6.58. The molecule has 2 aromatic heterocycles. The maximum absolute atomic E-state index is 10.4. The van der Waals surface area contributed by atoms with E-state index in [4.69, 9.17) is 0 Å². The Hall–Kier alpha value is -1.49. The van der Waals surface area contributed by atoms with Crippen LogP contribution < -0.4 is 0 Å². The van der Waals surface area contributed by atoms with Crippen LogP contribution in [0.5, 0.6) is 0 Å². The van der Waals surface area contributed by atoms with Crippen molar-refractivity contribution in [2.45, 2.75) is 0 Å². The molecule has 2 aromatic rings.